The van der Waals surface area contributed by atoms with E-state index in [9.17, 15) is 4.79 Å². The number of furan rings is 1. The number of hydrazone groups is 1. The van der Waals surface area contributed by atoms with Gasteiger partial charge in [0.1, 0.15) is 5.75 Å². The lowest BCUT2D eigenvalue weighted by Gasteiger charge is -2.20. The summed E-state index contributed by atoms with van der Waals surface area (Å²) in [6.45, 7) is 2.54. The van der Waals surface area contributed by atoms with E-state index in [0.717, 1.165) is 17.1 Å². The third kappa shape index (κ3) is 3.49. The largest absolute Gasteiger partial charge is 0.494 e. The molecule has 4 heterocycles. The van der Waals surface area contributed by atoms with Gasteiger partial charge in [0.25, 0.3) is 5.91 Å². The maximum atomic E-state index is 12.7. The van der Waals surface area contributed by atoms with Crippen LogP contribution in [0.1, 0.15) is 18.4 Å². The summed E-state index contributed by atoms with van der Waals surface area (Å²) in [6.07, 6.45) is 5.10. The number of carbonyl (C=O) groups is 1. The van der Waals surface area contributed by atoms with Crippen LogP contribution >= 0.6 is 11.8 Å². The van der Waals surface area contributed by atoms with Crippen molar-refractivity contribution in [1.29, 1.82) is 5.41 Å². The fraction of sp³-hybridized carbons (Fsp3) is 0.0909. The molecule has 5 rings (SSSR count). The number of hydrogen-bond acceptors (Lipinski definition) is 6. The van der Waals surface area contributed by atoms with E-state index >= 15 is 0 Å². The Hall–Kier alpha value is -3.85. The molecule has 0 spiro atoms. The second-order valence-electron chi connectivity index (χ2n) is 6.63. The molecule has 31 heavy (non-hydrogen) atoms. The molecule has 9 heteroatoms. The average Bonchev–Trinajstić information content (AvgIpc) is 3.52. The highest BCUT2D eigenvalue weighted by Gasteiger charge is 2.36. The molecule has 2 aliphatic rings. The first-order valence-corrected chi connectivity index (χ1v) is 10.4. The third-order valence-electron chi connectivity index (χ3n) is 4.68. The van der Waals surface area contributed by atoms with Crippen molar-refractivity contribution in [3.8, 4) is 11.4 Å². The van der Waals surface area contributed by atoms with Crippen LogP contribution in [0.15, 0.2) is 81.1 Å². The number of carbonyl (C=O) groups excluding carboxylic acids is 1. The van der Waals surface area contributed by atoms with Gasteiger partial charge in [0.15, 0.2) is 16.6 Å². The van der Waals surface area contributed by atoms with Crippen LogP contribution in [0, 0.1) is 5.41 Å². The molecule has 1 N–H and O–H groups in total. The molecule has 8 nitrogen and oxygen atoms in total. The summed E-state index contributed by atoms with van der Waals surface area (Å²) in [5.41, 5.74) is 1.83. The molecule has 0 radical (unpaired) electrons. The summed E-state index contributed by atoms with van der Waals surface area (Å²) in [5, 5.41) is 15.2. The molecular formula is C22H17N5O3S. The topological polar surface area (TPSA) is 96.2 Å². The molecule has 1 aromatic carbocycles. The van der Waals surface area contributed by atoms with Gasteiger partial charge in [-0.2, -0.15) is 15.1 Å². The molecule has 2 aromatic heterocycles. The van der Waals surface area contributed by atoms with Crippen LogP contribution in [0.3, 0.4) is 0 Å². The molecule has 2 aliphatic heterocycles. The quantitative estimate of drug-likeness (QED) is 0.613. The molecule has 0 bridgehead atoms. The van der Waals surface area contributed by atoms with Crippen LogP contribution in [0.25, 0.3) is 11.8 Å². The maximum absolute atomic E-state index is 12.7. The highest BCUT2D eigenvalue weighted by molar-refractivity contribution is 8.27. The monoisotopic (exact) mass is 431 g/mol. The normalized spacial score (nSPS) is 17.1. The minimum Gasteiger partial charge on any atom is -0.494 e. The average molecular weight is 431 g/mol. The van der Waals surface area contributed by atoms with Gasteiger partial charge in [0.05, 0.1) is 18.4 Å². The van der Waals surface area contributed by atoms with E-state index in [4.69, 9.17) is 14.6 Å². The van der Waals surface area contributed by atoms with E-state index in [0.29, 0.717) is 22.6 Å². The molecule has 1 amide bonds. The second-order valence-corrected chi connectivity index (χ2v) is 7.59. The number of benzene rings is 1. The van der Waals surface area contributed by atoms with Crippen LogP contribution in [-0.4, -0.2) is 38.1 Å². The molecule has 0 fully saturated rings. The van der Waals surface area contributed by atoms with E-state index in [1.165, 1.54) is 16.8 Å². The molecule has 0 unspecified atom stereocenters. The Morgan fingerprint density at radius 1 is 1.19 bits per heavy atom. The number of rotatable bonds is 5. The zero-order chi connectivity index (χ0) is 21.4. The number of amidine groups is 2. The molecule has 0 saturated heterocycles. The van der Waals surface area contributed by atoms with E-state index in [1.807, 2.05) is 54.1 Å². The van der Waals surface area contributed by atoms with Crippen molar-refractivity contribution in [2.45, 2.75) is 6.92 Å². The summed E-state index contributed by atoms with van der Waals surface area (Å²) in [4.78, 5) is 16.8. The summed E-state index contributed by atoms with van der Waals surface area (Å²) in [6, 6.07) is 15.0. The first kappa shape index (κ1) is 19.1. The first-order chi connectivity index (χ1) is 15.1. The number of nitrogens with zero attached hydrogens (tertiary/aromatic N) is 4. The Kier molecular flexibility index (Phi) is 4.79. The number of aromatic nitrogens is 1. The highest BCUT2D eigenvalue weighted by atomic mass is 32.2. The van der Waals surface area contributed by atoms with Gasteiger partial charge < -0.3 is 13.7 Å². The van der Waals surface area contributed by atoms with Crippen LogP contribution in [0.2, 0.25) is 0 Å². The van der Waals surface area contributed by atoms with Gasteiger partial charge in [-0.15, -0.1) is 0 Å². The fourth-order valence-corrected chi connectivity index (χ4v) is 4.12. The van der Waals surface area contributed by atoms with Gasteiger partial charge in [0, 0.05) is 17.6 Å². The number of thioether (sulfide) groups is 1. The zero-order valence-electron chi connectivity index (χ0n) is 16.5. The number of amides is 1. The predicted octanol–water partition coefficient (Wildman–Crippen LogP) is 4.14. The molecule has 0 aliphatic carbocycles. The van der Waals surface area contributed by atoms with E-state index in [-0.39, 0.29) is 11.4 Å². The second kappa shape index (κ2) is 7.77. The SMILES string of the molecule is CCOc1ccc(-n2cccc2/C=C2/C(=N)N3N=C(c4ccco4)SC3=NC2=O)cc1. The Bertz CT molecular complexity index is 1250. The Morgan fingerprint density at radius 3 is 2.77 bits per heavy atom. The molecule has 0 atom stereocenters. The van der Waals surface area contributed by atoms with Crippen molar-refractivity contribution >= 4 is 39.8 Å². The lowest BCUT2D eigenvalue weighted by molar-refractivity contribution is -0.114. The smallest absolute Gasteiger partial charge is 0.283 e. The molecule has 154 valence electrons. The Balaban J connectivity index is 1.47. The minimum absolute atomic E-state index is 0.0245. The van der Waals surface area contributed by atoms with Crippen LogP contribution in [-0.2, 0) is 4.79 Å². The third-order valence-corrected chi connectivity index (χ3v) is 5.61. The summed E-state index contributed by atoms with van der Waals surface area (Å²) >= 11 is 1.20. The molecular weight excluding hydrogens is 414 g/mol. The van der Waals surface area contributed by atoms with Crippen molar-refractivity contribution in [1.82, 2.24) is 9.58 Å². The number of fused-ring (bicyclic) bond motifs is 1. The van der Waals surface area contributed by atoms with Gasteiger partial charge >= 0.3 is 0 Å². The van der Waals surface area contributed by atoms with Gasteiger partial charge in [-0.3, -0.25) is 10.2 Å². The van der Waals surface area contributed by atoms with E-state index < -0.39 is 5.91 Å². The Morgan fingerprint density at radius 2 is 2.03 bits per heavy atom. The molecule has 3 aromatic rings. The summed E-state index contributed by atoms with van der Waals surface area (Å²) in [5.74, 6) is 0.862. The number of aliphatic imine (C=N–C) groups is 1. The maximum Gasteiger partial charge on any atom is 0.283 e. The van der Waals surface area contributed by atoms with Crippen LogP contribution in [0.4, 0.5) is 0 Å². The lowest BCUT2D eigenvalue weighted by Crippen LogP contribution is -2.35. The molecule has 0 saturated carbocycles. The van der Waals surface area contributed by atoms with Crippen molar-refractivity contribution in [3.05, 3.63) is 78.0 Å². The number of ether oxygens (including phenoxy) is 1. The Labute approximate surface area is 182 Å². The van der Waals surface area contributed by atoms with Crippen LogP contribution < -0.4 is 4.74 Å². The standard InChI is InChI=1S/C22H17N5O3S/c1-2-29-16-9-7-14(8-10-16)26-11-3-5-15(26)13-17-19(23)27-22(24-20(17)28)31-21(25-27)18-6-4-12-30-18/h3-13,23H,2H2,1H3/b17-13-,23-19?. The van der Waals surface area contributed by atoms with Gasteiger partial charge in [0.2, 0.25) is 5.17 Å². The minimum atomic E-state index is -0.473. The number of hydrogen-bond donors (Lipinski definition) is 1. The van der Waals surface area contributed by atoms with Crippen molar-refractivity contribution in [3.63, 3.8) is 0 Å². The van der Waals surface area contributed by atoms with Gasteiger partial charge in [-0.1, -0.05) is 0 Å². The fourth-order valence-electron chi connectivity index (χ4n) is 3.26. The van der Waals surface area contributed by atoms with Gasteiger partial charge in [-0.25, -0.2) is 0 Å². The van der Waals surface area contributed by atoms with E-state index in [1.54, 1.807) is 24.5 Å². The summed E-state index contributed by atoms with van der Waals surface area (Å²) in [7, 11) is 0. The van der Waals surface area contributed by atoms with E-state index in [2.05, 4.69) is 10.1 Å². The zero-order valence-corrected chi connectivity index (χ0v) is 17.3. The number of nitrogens with one attached hydrogen (secondary N) is 1. The highest BCUT2D eigenvalue weighted by Crippen LogP contribution is 2.31. The van der Waals surface area contributed by atoms with Crippen molar-refractivity contribution in [2.75, 3.05) is 6.61 Å². The lowest BCUT2D eigenvalue weighted by atomic mass is 10.1. The van der Waals surface area contributed by atoms with Gasteiger partial charge in [-0.05, 0) is 73.3 Å². The summed E-state index contributed by atoms with van der Waals surface area (Å²) < 4.78 is 12.8. The van der Waals surface area contributed by atoms with Crippen molar-refractivity contribution in [2.24, 2.45) is 10.1 Å². The first-order valence-electron chi connectivity index (χ1n) is 9.58. The van der Waals surface area contributed by atoms with Crippen molar-refractivity contribution < 1.29 is 13.9 Å². The predicted molar refractivity (Wildman–Crippen MR) is 120 cm³/mol. The van der Waals surface area contributed by atoms with Crippen LogP contribution in [0.5, 0.6) is 5.75 Å².